The predicted octanol–water partition coefficient (Wildman–Crippen LogP) is 3.14. The van der Waals surface area contributed by atoms with Crippen LogP contribution in [0, 0.1) is 12.7 Å². The lowest BCUT2D eigenvalue weighted by atomic mass is 9.92. The van der Waals surface area contributed by atoms with Crippen molar-refractivity contribution in [3.63, 3.8) is 0 Å². The van der Waals surface area contributed by atoms with Gasteiger partial charge in [-0.2, -0.15) is 0 Å². The third-order valence-corrected chi connectivity index (χ3v) is 3.62. The SMILES string of the molecule is COC(=O)CC(c1ccc(F)c(Cl)c1)c1oc(C)cc(=O)c1O. The molecule has 0 aliphatic heterocycles. The predicted molar refractivity (Wildman–Crippen MR) is 81.3 cm³/mol. The molecule has 1 aromatic carbocycles. The van der Waals surface area contributed by atoms with Crippen molar-refractivity contribution in [2.45, 2.75) is 19.3 Å². The van der Waals surface area contributed by atoms with E-state index >= 15 is 0 Å². The Bertz CT molecular complexity index is 800. The molecule has 0 amide bonds. The highest BCUT2D eigenvalue weighted by Gasteiger charge is 2.26. The number of carbonyl (C=O) groups excluding carboxylic acids is 1. The van der Waals surface area contributed by atoms with E-state index in [4.69, 9.17) is 16.0 Å². The Hall–Kier alpha value is -2.34. The molecule has 1 aromatic heterocycles. The molecule has 0 bridgehead atoms. The van der Waals surface area contributed by atoms with Gasteiger partial charge in [0.05, 0.1) is 24.5 Å². The quantitative estimate of drug-likeness (QED) is 0.865. The van der Waals surface area contributed by atoms with Crippen molar-refractivity contribution < 1.29 is 23.4 Å². The molecule has 1 unspecified atom stereocenters. The zero-order valence-electron chi connectivity index (χ0n) is 12.4. The molecule has 0 radical (unpaired) electrons. The number of halogens is 2. The van der Waals surface area contributed by atoms with Crippen LogP contribution in [0.4, 0.5) is 4.39 Å². The molecule has 0 aliphatic rings. The van der Waals surface area contributed by atoms with Gasteiger partial charge in [0.1, 0.15) is 11.6 Å². The highest BCUT2D eigenvalue weighted by molar-refractivity contribution is 6.30. The summed E-state index contributed by atoms with van der Waals surface area (Å²) in [4.78, 5) is 23.4. The first-order valence-corrected chi connectivity index (χ1v) is 7.06. The number of ether oxygens (including phenoxy) is 1. The van der Waals surface area contributed by atoms with Crippen molar-refractivity contribution in [3.05, 3.63) is 62.4 Å². The second-order valence-electron chi connectivity index (χ2n) is 4.94. The highest BCUT2D eigenvalue weighted by atomic mass is 35.5. The topological polar surface area (TPSA) is 76.7 Å². The van der Waals surface area contributed by atoms with Gasteiger partial charge in [-0.1, -0.05) is 17.7 Å². The molecule has 0 aliphatic carbocycles. The molecule has 2 rings (SSSR count). The largest absolute Gasteiger partial charge is 0.502 e. The summed E-state index contributed by atoms with van der Waals surface area (Å²) < 4.78 is 23.4. The summed E-state index contributed by atoms with van der Waals surface area (Å²) in [5.41, 5.74) is -0.224. The van der Waals surface area contributed by atoms with Crippen LogP contribution < -0.4 is 5.43 Å². The number of rotatable bonds is 4. The average Bonchev–Trinajstić information content (AvgIpc) is 2.51. The van der Waals surface area contributed by atoms with Crippen molar-refractivity contribution in [2.75, 3.05) is 7.11 Å². The van der Waals surface area contributed by atoms with E-state index in [9.17, 15) is 19.1 Å². The van der Waals surface area contributed by atoms with Gasteiger partial charge in [0.2, 0.25) is 11.2 Å². The Kier molecular flexibility index (Phi) is 5.05. The summed E-state index contributed by atoms with van der Waals surface area (Å²) in [5, 5.41) is 9.85. The minimum Gasteiger partial charge on any atom is -0.502 e. The van der Waals surface area contributed by atoms with E-state index in [1.54, 1.807) is 0 Å². The summed E-state index contributed by atoms with van der Waals surface area (Å²) in [6, 6.07) is 4.97. The molecular weight excluding hydrogens is 327 g/mol. The Morgan fingerprint density at radius 3 is 2.74 bits per heavy atom. The minimum absolute atomic E-state index is 0.0944. The second kappa shape index (κ2) is 6.83. The van der Waals surface area contributed by atoms with Gasteiger partial charge >= 0.3 is 5.97 Å². The lowest BCUT2D eigenvalue weighted by molar-refractivity contribution is -0.140. The van der Waals surface area contributed by atoms with Crippen molar-refractivity contribution >= 4 is 17.6 Å². The zero-order valence-corrected chi connectivity index (χ0v) is 13.2. The highest BCUT2D eigenvalue weighted by Crippen LogP contribution is 2.34. The number of hydrogen-bond donors (Lipinski definition) is 1. The van der Waals surface area contributed by atoms with Gasteiger partial charge in [0.15, 0.2) is 5.76 Å². The Morgan fingerprint density at radius 1 is 1.43 bits per heavy atom. The van der Waals surface area contributed by atoms with Gasteiger partial charge in [0.25, 0.3) is 0 Å². The van der Waals surface area contributed by atoms with Crippen LogP contribution in [0.5, 0.6) is 5.75 Å². The second-order valence-corrected chi connectivity index (χ2v) is 5.35. The molecule has 1 atom stereocenters. The van der Waals surface area contributed by atoms with Crippen LogP contribution in [0.15, 0.2) is 33.5 Å². The third-order valence-electron chi connectivity index (χ3n) is 3.33. The van der Waals surface area contributed by atoms with E-state index in [0.29, 0.717) is 5.56 Å². The molecule has 0 saturated heterocycles. The summed E-state index contributed by atoms with van der Waals surface area (Å²) >= 11 is 5.77. The zero-order chi connectivity index (χ0) is 17.1. The van der Waals surface area contributed by atoms with E-state index in [1.165, 1.54) is 26.2 Å². The van der Waals surface area contributed by atoms with Gasteiger partial charge in [-0.25, -0.2) is 4.39 Å². The fourth-order valence-corrected chi connectivity index (χ4v) is 2.39. The van der Waals surface area contributed by atoms with Crippen LogP contribution in [0.3, 0.4) is 0 Å². The third kappa shape index (κ3) is 3.71. The molecule has 7 heteroatoms. The smallest absolute Gasteiger partial charge is 0.306 e. The number of methoxy groups -OCH3 is 1. The van der Waals surface area contributed by atoms with Gasteiger partial charge in [-0.15, -0.1) is 0 Å². The van der Waals surface area contributed by atoms with E-state index in [2.05, 4.69) is 4.74 Å². The number of hydrogen-bond acceptors (Lipinski definition) is 5. The van der Waals surface area contributed by atoms with E-state index in [1.807, 2.05) is 0 Å². The molecule has 0 saturated carbocycles. The maximum atomic E-state index is 13.4. The summed E-state index contributed by atoms with van der Waals surface area (Å²) in [6.45, 7) is 1.54. The van der Waals surface area contributed by atoms with Crippen molar-refractivity contribution in [2.24, 2.45) is 0 Å². The van der Waals surface area contributed by atoms with Gasteiger partial charge in [0, 0.05) is 6.07 Å². The summed E-state index contributed by atoms with van der Waals surface area (Å²) in [6.07, 6.45) is -0.210. The van der Waals surface area contributed by atoms with Crippen molar-refractivity contribution in [1.29, 1.82) is 0 Å². The monoisotopic (exact) mass is 340 g/mol. The first kappa shape index (κ1) is 17.0. The maximum Gasteiger partial charge on any atom is 0.306 e. The number of aromatic hydroxyl groups is 1. The Morgan fingerprint density at radius 2 is 2.13 bits per heavy atom. The summed E-state index contributed by atoms with van der Waals surface area (Å²) in [7, 11) is 1.21. The first-order chi connectivity index (χ1) is 10.8. The lowest BCUT2D eigenvalue weighted by Gasteiger charge is -2.17. The number of carbonyl (C=O) groups is 1. The Balaban J connectivity index is 2.61. The maximum absolute atomic E-state index is 13.4. The fourth-order valence-electron chi connectivity index (χ4n) is 2.20. The molecule has 0 fully saturated rings. The molecule has 0 spiro atoms. The first-order valence-electron chi connectivity index (χ1n) is 6.68. The normalized spacial score (nSPS) is 12.0. The van der Waals surface area contributed by atoms with E-state index in [-0.39, 0.29) is 23.0 Å². The molecular formula is C16H14ClFO5. The van der Waals surface area contributed by atoms with Crippen LogP contribution in [0.25, 0.3) is 0 Å². The molecule has 2 aromatic rings. The average molecular weight is 341 g/mol. The van der Waals surface area contributed by atoms with Crippen LogP contribution in [0.1, 0.15) is 29.4 Å². The van der Waals surface area contributed by atoms with Gasteiger partial charge in [-0.3, -0.25) is 9.59 Å². The molecule has 5 nitrogen and oxygen atoms in total. The van der Waals surface area contributed by atoms with E-state index in [0.717, 1.165) is 12.1 Å². The van der Waals surface area contributed by atoms with Crippen LogP contribution in [-0.4, -0.2) is 18.2 Å². The standard InChI is InChI=1S/C16H14ClFO5/c1-8-5-13(19)15(21)16(23-8)10(7-14(20)22-2)9-3-4-12(18)11(17)6-9/h3-6,10,21H,7H2,1-2H3. The van der Waals surface area contributed by atoms with Crippen LogP contribution in [-0.2, 0) is 9.53 Å². The molecule has 1 heterocycles. The number of benzene rings is 1. The van der Waals surface area contributed by atoms with Crippen molar-refractivity contribution in [3.8, 4) is 5.75 Å². The van der Waals surface area contributed by atoms with E-state index < -0.39 is 28.9 Å². The minimum atomic E-state index is -0.840. The van der Waals surface area contributed by atoms with Gasteiger partial charge in [-0.05, 0) is 24.6 Å². The number of esters is 1. The van der Waals surface area contributed by atoms with Crippen LogP contribution in [0.2, 0.25) is 5.02 Å². The fraction of sp³-hybridized carbons (Fsp3) is 0.250. The Labute approximate surface area is 136 Å². The summed E-state index contributed by atoms with van der Waals surface area (Å²) in [5.74, 6) is -2.48. The molecule has 23 heavy (non-hydrogen) atoms. The molecule has 122 valence electrons. The number of aryl methyl sites for hydroxylation is 1. The molecule has 1 N–H and O–H groups in total. The lowest BCUT2D eigenvalue weighted by Crippen LogP contribution is -2.13. The van der Waals surface area contributed by atoms with Crippen molar-refractivity contribution in [1.82, 2.24) is 0 Å². The van der Waals surface area contributed by atoms with Crippen LogP contribution >= 0.6 is 11.6 Å². The van der Waals surface area contributed by atoms with Gasteiger partial charge < -0.3 is 14.3 Å².